The van der Waals surface area contributed by atoms with E-state index >= 15 is 0 Å². The van der Waals surface area contributed by atoms with Crippen molar-refractivity contribution in [1.29, 1.82) is 0 Å². The summed E-state index contributed by atoms with van der Waals surface area (Å²) in [6, 6.07) is 11.4. The van der Waals surface area contributed by atoms with E-state index in [-0.39, 0.29) is 5.69 Å². The summed E-state index contributed by atoms with van der Waals surface area (Å²) < 4.78 is 45.2. The molecule has 0 bridgehead atoms. The number of alkyl halides is 3. The SMILES string of the molecule is Cc1nc(CSc2ccc(C(=O)OCC(=O)Nc3ccc(OC(F)(F)F)cc3)cc2)cs1. The number of aromatic nitrogens is 1. The molecule has 0 saturated carbocycles. The van der Waals surface area contributed by atoms with Crippen LogP contribution in [0.4, 0.5) is 18.9 Å². The quantitative estimate of drug-likeness (QED) is 0.340. The summed E-state index contributed by atoms with van der Waals surface area (Å²) in [5.74, 6) is -0.989. The number of carbonyl (C=O) groups excluding carboxylic acids is 2. The Kier molecular flexibility index (Phi) is 7.75. The van der Waals surface area contributed by atoms with E-state index in [1.165, 1.54) is 12.1 Å². The molecule has 11 heteroatoms. The first-order chi connectivity index (χ1) is 15.2. The molecule has 3 aromatic rings. The number of nitrogens with one attached hydrogen (secondary N) is 1. The molecular formula is C21H17F3N2O4S2. The van der Waals surface area contributed by atoms with Crippen LogP contribution in [0.2, 0.25) is 0 Å². The fraction of sp³-hybridized carbons (Fsp3) is 0.190. The largest absolute Gasteiger partial charge is 0.573 e. The van der Waals surface area contributed by atoms with Gasteiger partial charge in [-0.25, -0.2) is 9.78 Å². The molecule has 0 aliphatic heterocycles. The third kappa shape index (κ3) is 7.57. The Hall–Kier alpha value is -3.05. The number of halogens is 3. The van der Waals surface area contributed by atoms with Crippen LogP contribution in [0.15, 0.2) is 58.8 Å². The zero-order valence-corrected chi connectivity index (χ0v) is 18.3. The Labute approximate surface area is 189 Å². The number of aryl methyl sites for hydroxylation is 1. The van der Waals surface area contributed by atoms with Crippen molar-refractivity contribution in [3.8, 4) is 5.75 Å². The smallest absolute Gasteiger partial charge is 0.452 e. The number of anilines is 1. The number of rotatable bonds is 8. The normalized spacial score (nSPS) is 11.1. The van der Waals surface area contributed by atoms with Gasteiger partial charge in [-0.05, 0) is 55.5 Å². The first kappa shape index (κ1) is 23.6. The van der Waals surface area contributed by atoms with Crippen molar-refractivity contribution in [2.45, 2.75) is 23.9 Å². The van der Waals surface area contributed by atoms with Crippen molar-refractivity contribution in [2.75, 3.05) is 11.9 Å². The van der Waals surface area contributed by atoms with E-state index in [4.69, 9.17) is 4.74 Å². The van der Waals surface area contributed by atoms with Crippen molar-refractivity contribution in [3.05, 3.63) is 70.2 Å². The van der Waals surface area contributed by atoms with Crippen LogP contribution in [0, 0.1) is 6.92 Å². The number of nitrogens with zero attached hydrogens (tertiary/aromatic N) is 1. The Morgan fingerprint density at radius 3 is 2.38 bits per heavy atom. The fourth-order valence-electron chi connectivity index (χ4n) is 2.47. The van der Waals surface area contributed by atoms with E-state index in [0.717, 1.165) is 33.5 Å². The molecule has 32 heavy (non-hydrogen) atoms. The summed E-state index contributed by atoms with van der Waals surface area (Å²) in [5.41, 5.74) is 1.52. The number of carbonyl (C=O) groups is 2. The summed E-state index contributed by atoms with van der Waals surface area (Å²) in [6.07, 6.45) is -4.80. The van der Waals surface area contributed by atoms with Gasteiger partial charge in [0.15, 0.2) is 6.61 Å². The van der Waals surface area contributed by atoms with Gasteiger partial charge in [0, 0.05) is 21.7 Å². The van der Waals surface area contributed by atoms with Gasteiger partial charge in [0.05, 0.1) is 16.3 Å². The second-order valence-electron chi connectivity index (χ2n) is 6.37. The predicted octanol–water partition coefficient (Wildman–Crippen LogP) is 5.44. The van der Waals surface area contributed by atoms with E-state index in [0.29, 0.717) is 5.56 Å². The minimum atomic E-state index is -4.80. The number of hydrogen-bond donors (Lipinski definition) is 1. The van der Waals surface area contributed by atoms with Gasteiger partial charge in [0.1, 0.15) is 5.75 Å². The minimum absolute atomic E-state index is 0.234. The van der Waals surface area contributed by atoms with Crippen molar-refractivity contribution in [2.24, 2.45) is 0 Å². The Morgan fingerprint density at radius 1 is 1.09 bits per heavy atom. The molecule has 1 aromatic heterocycles. The van der Waals surface area contributed by atoms with Crippen LogP contribution in [0.25, 0.3) is 0 Å². The van der Waals surface area contributed by atoms with Gasteiger partial charge in [-0.1, -0.05) is 0 Å². The number of amides is 1. The van der Waals surface area contributed by atoms with Gasteiger partial charge >= 0.3 is 12.3 Å². The van der Waals surface area contributed by atoms with Crippen LogP contribution in [0.3, 0.4) is 0 Å². The fourth-order valence-corrected chi connectivity index (χ4v) is 3.98. The molecule has 0 spiro atoms. The lowest BCUT2D eigenvalue weighted by atomic mass is 10.2. The van der Waals surface area contributed by atoms with Crippen LogP contribution >= 0.6 is 23.1 Å². The van der Waals surface area contributed by atoms with E-state index in [1.54, 1.807) is 47.4 Å². The Bertz CT molecular complexity index is 1070. The van der Waals surface area contributed by atoms with E-state index in [1.807, 2.05) is 12.3 Å². The number of benzene rings is 2. The Morgan fingerprint density at radius 2 is 1.78 bits per heavy atom. The lowest BCUT2D eigenvalue weighted by Gasteiger charge is -2.10. The summed E-state index contributed by atoms with van der Waals surface area (Å²) >= 11 is 3.18. The van der Waals surface area contributed by atoms with Gasteiger partial charge in [-0.2, -0.15) is 0 Å². The minimum Gasteiger partial charge on any atom is -0.452 e. The van der Waals surface area contributed by atoms with Crippen LogP contribution in [-0.2, 0) is 15.3 Å². The molecule has 6 nitrogen and oxygen atoms in total. The summed E-state index contributed by atoms with van der Waals surface area (Å²) in [4.78, 5) is 29.4. The van der Waals surface area contributed by atoms with Gasteiger partial charge < -0.3 is 14.8 Å². The van der Waals surface area contributed by atoms with Gasteiger partial charge in [0.2, 0.25) is 0 Å². The van der Waals surface area contributed by atoms with Crippen LogP contribution in [0.1, 0.15) is 21.1 Å². The van der Waals surface area contributed by atoms with Crippen molar-refractivity contribution < 1.29 is 32.2 Å². The number of thiazole rings is 1. The molecule has 0 saturated heterocycles. The topological polar surface area (TPSA) is 77.5 Å². The molecular weight excluding hydrogens is 465 g/mol. The zero-order valence-electron chi connectivity index (χ0n) is 16.6. The second-order valence-corrected chi connectivity index (χ2v) is 8.48. The molecule has 0 aliphatic carbocycles. The highest BCUT2D eigenvalue weighted by Crippen LogP contribution is 2.25. The molecule has 0 unspecified atom stereocenters. The van der Waals surface area contributed by atoms with Crippen LogP contribution in [-0.4, -0.2) is 29.8 Å². The van der Waals surface area contributed by atoms with E-state index < -0.39 is 30.6 Å². The lowest BCUT2D eigenvalue weighted by Crippen LogP contribution is -2.21. The summed E-state index contributed by atoms with van der Waals surface area (Å²) in [6.45, 7) is 1.40. The number of ether oxygens (including phenoxy) is 2. The second kappa shape index (κ2) is 10.5. The first-order valence-electron chi connectivity index (χ1n) is 9.14. The maximum atomic E-state index is 12.2. The van der Waals surface area contributed by atoms with Gasteiger partial charge in [-0.15, -0.1) is 36.3 Å². The van der Waals surface area contributed by atoms with Crippen LogP contribution in [0.5, 0.6) is 5.75 Å². The third-order valence-electron chi connectivity index (χ3n) is 3.85. The van der Waals surface area contributed by atoms with E-state index in [9.17, 15) is 22.8 Å². The maximum Gasteiger partial charge on any atom is 0.573 e. The molecule has 0 aliphatic rings. The highest BCUT2D eigenvalue weighted by atomic mass is 32.2. The first-order valence-corrected chi connectivity index (χ1v) is 11.0. The van der Waals surface area contributed by atoms with Gasteiger partial charge in [0.25, 0.3) is 5.91 Å². The molecule has 2 aromatic carbocycles. The highest BCUT2D eigenvalue weighted by molar-refractivity contribution is 7.98. The van der Waals surface area contributed by atoms with Crippen molar-refractivity contribution >= 4 is 40.7 Å². The van der Waals surface area contributed by atoms with Gasteiger partial charge in [-0.3, -0.25) is 4.79 Å². The molecule has 0 atom stereocenters. The summed E-state index contributed by atoms with van der Waals surface area (Å²) in [5, 5.41) is 5.43. The average molecular weight is 483 g/mol. The maximum absolute atomic E-state index is 12.2. The average Bonchev–Trinajstić information content (AvgIpc) is 3.16. The molecule has 168 valence electrons. The standard InChI is InChI=1S/C21H17F3N2O4S2/c1-13-25-16(11-31-13)12-32-18-8-2-14(3-9-18)20(28)29-10-19(27)26-15-4-6-17(7-5-15)30-21(22,23)24/h2-9,11H,10,12H2,1H3,(H,26,27). The van der Waals surface area contributed by atoms with Crippen molar-refractivity contribution in [1.82, 2.24) is 4.98 Å². The number of esters is 1. The highest BCUT2D eigenvalue weighted by Gasteiger charge is 2.30. The predicted molar refractivity (Wildman–Crippen MR) is 115 cm³/mol. The lowest BCUT2D eigenvalue weighted by molar-refractivity contribution is -0.274. The molecule has 0 radical (unpaired) electrons. The third-order valence-corrected chi connectivity index (χ3v) is 5.72. The summed E-state index contributed by atoms with van der Waals surface area (Å²) in [7, 11) is 0. The monoisotopic (exact) mass is 482 g/mol. The van der Waals surface area contributed by atoms with Crippen molar-refractivity contribution in [3.63, 3.8) is 0 Å². The molecule has 1 heterocycles. The molecule has 3 rings (SSSR count). The number of hydrogen-bond acceptors (Lipinski definition) is 7. The molecule has 1 amide bonds. The zero-order chi connectivity index (χ0) is 23.1. The number of thioether (sulfide) groups is 1. The molecule has 0 fully saturated rings. The van der Waals surface area contributed by atoms with E-state index in [2.05, 4.69) is 15.0 Å². The molecule has 1 N–H and O–H groups in total. The van der Waals surface area contributed by atoms with Crippen LogP contribution < -0.4 is 10.1 Å². The Balaban J connectivity index is 1.43.